The molecule has 1 saturated carbocycles. The van der Waals surface area contributed by atoms with Crippen molar-refractivity contribution < 1.29 is 17.9 Å². The van der Waals surface area contributed by atoms with Gasteiger partial charge < -0.3 is 15.4 Å². The first-order chi connectivity index (χ1) is 14.8. The number of benzene rings is 2. The molecule has 31 heavy (non-hydrogen) atoms. The summed E-state index contributed by atoms with van der Waals surface area (Å²) in [6.07, 6.45) is 0.860. The molecule has 0 unspecified atom stereocenters. The van der Waals surface area contributed by atoms with E-state index in [1.54, 1.807) is 12.3 Å². The number of nitrogens with one attached hydrogen (secondary N) is 2. The van der Waals surface area contributed by atoms with Gasteiger partial charge in [-0.3, -0.25) is 0 Å². The Hall–Kier alpha value is -2.87. The molecule has 0 radical (unpaired) electrons. The van der Waals surface area contributed by atoms with E-state index in [2.05, 4.69) is 20.8 Å². The smallest absolute Gasteiger partial charge is 0.416 e. The second kappa shape index (κ2) is 9.96. The van der Waals surface area contributed by atoms with Gasteiger partial charge in [-0.05, 0) is 75.7 Å². The number of halogens is 3. The monoisotopic (exact) mass is 432 g/mol. The average molecular weight is 432 g/mol. The molecule has 4 rings (SSSR count). The summed E-state index contributed by atoms with van der Waals surface area (Å²) in [5.74, 6) is 1.29. The normalized spacial score (nSPS) is 13.9. The summed E-state index contributed by atoms with van der Waals surface area (Å²) in [5.41, 5.74) is 0.159. The maximum Gasteiger partial charge on any atom is 0.416 e. The first-order valence-electron chi connectivity index (χ1n) is 10.2. The lowest BCUT2D eigenvalue weighted by Gasteiger charge is -2.26. The third-order valence-corrected chi connectivity index (χ3v) is 5.19. The lowest BCUT2D eigenvalue weighted by molar-refractivity contribution is -0.138. The molecule has 0 spiro atoms. The molecule has 1 aliphatic carbocycles. The third kappa shape index (κ3) is 5.64. The number of aromatic nitrogens is 2. The second-order valence-corrected chi connectivity index (χ2v) is 7.55. The lowest BCUT2D eigenvalue weighted by atomic mass is 9.96. The van der Waals surface area contributed by atoms with Crippen molar-refractivity contribution in [2.75, 3.05) is 19.4 Å². The van der Waals surface area contributed by atoms with Gasteiger partial charge >= 0.3 is 6.18 Å². The van der Waals surface area contributed by atoms with Crippen molar-refractivity contribution in [1.29, 1.82) is 0 Å². The van der Waals surface area contributed by atoms with Crippen LogP contribution in [0.2, 0.25) is 0 Å². The standard InChI is InChI=1S/C21H20F3N3O.C2H7N/c1-13-14(4-2-7-19(13)21(22,23)24)11-25-20-18-10-17(28-16-5-3-6-16)9-8-15(18)12-26-27-20;1-3-2/h2,4,7-10,12,16H,3,5-6,11H2,1H3,(H,25,27);3H,1-2H3. The molecule has 2 N–H and O–H groups in total. The van der Waals surface area contributed by atoms with E-state index in [0.29, 0.717) is 11.4 Å². The molecular weight excluding hydrogens is 405 g/mol. The highest BCUT2D eigenvalue weighted by Crippen LogP contribution is 2.33. The Morgan fingerprint density at radius 2 is 1.87 bits per heavy atom. The number of hydrogen-bond acceptors (Lipinski definition) is 5. The predicted octanol–water partition coefficient (Wildman–Crippen LogP) is 5.34. The highest BCUT2D eigenvalue weighted by Gasteiger charge is 2.32. The number of rotatable bonds is 5. The zero-order chi connectivity index (χ0) is 22.4. The highest BCUT2D eigenvalue weighted by molar-refractivity contribution is 5.92. The molecule has 1 aromatic heterocycles. The maximum absolute atomic E-state index is 13.1. The Morgan fingerprint density at radius 1 is 1.13 bits per heavy atom. The van der Waals surface area contributed by atoms with Crippen LogP contribution in [0, 0.1) is 6.92 Å². The highest BCUT2D eigenvalue weighted by atomic mass is 19.4. The first kappa shape index (κ1) is 22.8. The minimum Gasteiger partial charge on any atom is -0.490 e. The quantitative estimate of drug-likeness (QED) is 0.570. The number of alkyl halides is 3. The van der Waals surface area contributed by atoms with E-state index in [1.807, 2.05) is 32.3 Å². The molecule has 0 saturated heterocycles. The van der Waals surface area contributed by atoms with E-state index in [4.69, 9.17) is 4.74 Å². The van der Waals surface area contributed by atoms with Crippen molar-refractivity contribution in [1.82, 2.24) is 15.5 Å². The molecule has 5 nitrogen and oxygen atoms in total. The molecule has 1 fully saturated rings. The number of hydrogen-bond donors (Lipinski definition) is 2. The summed E-state index contributed by atoms with van der Waals surface area (Å²) in [5, 5.41) is 15.7. The molecule has 0 aliphatic heterocycles. The topological polar surface area (TPSA) is 59.1 Å². The molecule has 1 aliphatic rings. The molecule has 3 aromatic rings. The number of nitrogens with zero attached hydrogens (tertiary/aromatic N) is 2. The van der Waals surface area contributed by atoms with Gasteiger partial charge in [-0.15, -0.1) is 5.10 Å². The Kier molecular flexibility index (Phi) is 7.33. The largest absolute Gasteiger partial charge is 0.490 e. The van der Waals surface area contributed by atoms with Crippen LogP contribution in [0.1, 0.15) is 36.0 Å². The van der Waals surface area contributed by atoms with Gasteiger partial charge in [-0.1, -0.05) is 12.1 Å². The summed E-state index contributed by atoms with van der Waals surface area (Å²) < 4.78 is 45.3. The van der Waals surface area contributed by atoms with E-state index in [-0.39, 0.29) is 18.2 Å². The third-order valence-electron chi connectivity index (χ3n) is 5.19. The van der Waals surface area contributed by atoms with E-state index < -0.39 is 11.7 Å². The van der Waals surface area contributed by atoms with Crippen LogP contribution in [0.5, 0.6) is 5.75 Å². The summed E-state index contributed by atoms with van der Waals surface area (Å²) >= 11 is 0. The van der Waals surface area contributed by atoms with Gasteiger partial charge in [-0.25, -0.2) is 0 Å². The number of ether oxygens (including phenoxy) is 1. The second-order valence-electron chi connectivity index (χ2n) is 7.55. The van der Waals surface area contributed by atoms with E-state index in [1.165, 1.54) is 19.4 Å². The van der Waals surface area contributed by atoms with Crippen LogP contribution in [0.25, 0.3) is 10.8 Å². The number of fused-ring (bicyclic) bond motifs is 1. The SMILES string of the molecule is CNC.Cc1c(CNc2nncc3ccc(OC4CCC4)cc23)cccc1C(F)(F)F. The van der Waals surface area contributed by atoms with Crippen LogP contribution < -0.4 is 15.4 Å². The molecule has 2 aromatic carbocycles. The minimum atomic E-state index is -4.37. The number of anilines is 1. The Balaban J connectivity index is 0.000000858. The van der Waals surface area contributed by atoms with Crippen LogP contribution in [0.4, 0.5) is 19.0 Å². The Morgan fingerprint density at radius 3 is 2.52 bits per heavy atom. The molecule has 8 heteroatoms. The fourth-order valence-electron chi connectivity index (χ4n) is 3.30. The Bertz CT molecular complexity index is 1020. The van der Waals surface area contributed by atoms with Gasteiger partial charge in [0.25, 0.3) is 0 Å². The van der Waals surface area contributed by atoms with Crippen molar-refractivity contribution in [2.45, 2.75) is 45.0 Å². The van der Waals surface area contributed by atoms with E-state index >= 15 is 0 Å². The van der Waals surface area contributed by atoms with E-state index in [9.17, 15) is 13.2 Å². The van der Waals surface area contributed by atoms with Crippen LogP contribution in [-0.4, -0.2) is 30.4 Å². The summed E-state index contributed by atoms with van der Waals surface area (Å²) in [6, 6.07) is 9.93. The Labute approximate surface area is 180 Å². The molecule has 1 heterocycles. The van der Waals surface area contributed by atoms with Crippen molar-refractivity contribution >= 4 is 16.6 Å². The predicted molar refractivity (Wildman–Crippen MR) is 116 cm³/mol. The van der Waals surface area contributed by atoms with Crippen LogP contribution in [0.3, 0.4) is 0 Å². The average Bonchev–Trinajstić information content (AvgIpc) is 2.69. The molecular formula is C23H27F3N4O. The lowest BCUT2D eigenvalue weighted by Crippen LogP contribution is -2.24. The summed E-state index contributed by atoms with van der Waals surface area (Å²) in [4.78, 5) is 0. The van der Waals surface area contributed by atoms with Gasteiger partial charge in [0.05, 0.1) is 17.9 Å². The zero-order valence-corrected chi connectivity index (χ0v) is 17.9. The van der Waals surface area contributed by atoms with E-state index in [0.717, 1.165) is 35.4 Å². The van der Waals surface area contributed by atoms with Gasteiger partial charge in [0.15, 0.2) is 5.82 Å². The van der Waals surface area contributed by atoms with Crippen LogP contribution in [0.15, 0.2) is 42.6 Å². The molecule has 166 valence electrons. The van der Waals surface area contributed by atoms with Crippen LogP contribution in [-0.2, 0) is 12.7 Å². The fourth-order valence-corrected chi connectivity index (χ4v) is 3.30. The minimum absolute atomic E-state index is 0.213. The molecule has 0 atom stereocenters. The van der Waals surface area contributed by atoms with Gasteiger partial charge in [-0.2, -0.15) is 18.3 Å². The van der Waals surface area contributed by atoms with Gasteiger partial charge in [0, 0.05) is 17.3 Å². The van der Waals surface area contributed by atoms with Crippen molar-refractivity contribution in [3.05, 3.63) is 59.3 Å². The molecule has 0 bridgehead atoms. The maximum atomic E-state index is 13.1. The summed E-state index contributed by atoms with van der Waals surface area (Å²) in [6.45, 7) is 1.70. The zero-order valence-electron chi connectivity index (χ0n) is 17.9. The molecule has 0 amide bonds. The van der Waals surface area contributed by atoms with Crippen molar-refractivity contribution in [3.8, 4) is 5.75 Å². The summed E-state index contributed by atoms with van der Waals surface area (Å²) in [7, 11) is 3.75. The fraction of sp³-hybridized carbons (Fsp3) is 0.391. The van der Waals surface area contributed by atoms with Gasteiger partial charge in [0.2, 0.25) is 0 Å². The van der Waals surface area contributed by atoms with Crippen LogP contribution >= 0.6 is 0 Å². The van der Waals surface area contributed by atoms with Gasteiger partial charge in [0.1, 0.15) is 5.75 Å². The first-order valence-corrected chi connectivity index (χ1v) is 10.2. The van der Waals surface area contributed by atoms with Crippen molar-refractivity contribution in [2.24, 2.45) is 0 Å². The van der Waals surface area contributed by atoms with Crippen molar-refractivity contribution in [3.63, 3.8) is 0 Å².